The van der Waals surface area contributed by atoms with Crippen LogP contribution in [0.25, 0.3) is 0 Å². The van der Waals surface area contributed by atoms with Crippen molar-refractivity contribution in [3.05, 3.63) is 35.4 Å². The Morgan fingerprint density at radius 1 is 1.33 bits per heavy atom. The van der Waals surface area contributed by atoms with E-state index >= 15 is 0 Å². The number of halogens is 2. The summed E-state index contributed by atoms with van der Waals surface area (Å²) >= 11 is 0. The highest BCUT2D eigenvalue weighted by atomic mass is 32.2. The highest BCUT2D eigenvalue weighted by Gasteiger charge is 2.34. The summed E-state index contributed by atoms with van der Waals surface area (Å²) in [6.07, 6.45) is 0.468. The van der Waals surface area contributed by atoms with Gasteiger partial charge in [0.1, 0.15) is 0 Å². The highest BCUT2D eigenvalue weighted by molar-refractivity contribution is 7.91. The van der Waals surface area contributed by atoms with E-state index < -0.39 is 27.5 Å². The lowest BCUT2D eigenvalue weighted by atomic mass is 9.93. The first-order valence-electron chi connectivity index (χ1n) is 5.54. The van der Waals surface area contributed by atoms with E-state index in [9.17, 15) is 17.2 Å². The van der Waals surface area contributed by atoms with Crippen molar-refractivity contribution in [1.29, 1.82) is 0 Å². The molecule has 2 atom stereocenters. The third kappa shape index (κ3) is 2.68. The summed E-state index contributed by atoms with van der Waals surface area (Å²) in [7, 11) is -3.04. The van der Waals surface area contributed by atoms with Crippen LogP contribution in [0, 0.1) is 17.6 Å². The van der Waals surface area contributed by atoms with Crippen molar-refractivity contribution in [2.75, 3.05) is 11.5 Å². The Morgan fingerprint density at radius 3 is 2.56 bits per heavy atom. The summed E-state index contributed by atoms with van der Waals surface area (Å²) in [5.41, 5.74) is 2.95. The van der Waals surface area contributed by atoms with Crippen LogP contribution in [-0.4, -0.2) is 19.9 Å². The summed E-state index contributed by atoms with van der Waals surface area (Å²) in [5.74, 6) is 3.41. The molecule has 0 spiro atoms. The standard InChI is InChI=1S/C11H14F2N2O2S/c12-9-2-1-7(5-10(9)13)11(15-14)8-3-4-18(16,17)6-8/h1-2,5,8,11,15H,3-4,6,14H2. The van der Waals surface area contributed by atoms with Gasteiger partial charge in [-0.15, -0.1) is 0 Å². The van der Waals surface area contributed by atoms with E-state index in [1.807, 2.05) is 0 Å². The van der Waals surface area contributed by atoms with Crippen molar-refractivity contribution >= 4 is 9.84 Å². The zero-order valence-corrected chi connectivity index (χ0v) is 10.4. The van der Waals surface area contributed by atoms with E-state index in [0.29, 0.717) is 12.0 Å². The molecule has 18 heavy (non-hydrogen) atoms. The van der Waals surface area contributed by atoms with Crippen LogP contribution in [0.2, 0.25) is 0 Å². The quantitative estimate of drug-likeness (QED) is 0.635. The monoisotopic (exact) mass is 276 g/mol. The Morgan fingerprint density at radius 2 is 2.06 bits per heavy atom. The summed E-state index contributed by atoms with van der Waals surface area (Å²) in [5, 5.41) is 0. The van der Waals surface area contributed by atoms with Crippen LogP contribution >= 0.6 is 0 Å². The van der Waals surface area contributed by atoms with Crippen molar-refractivity contribution in [2.45, 2.75) is 12.5 Å². The zero-order chi connectivity index (χ0) is 13.3. The maximum absolute atomic E-state index is 13.2. The Hall–Kier alpha value is -1.05. The van der Waals surface area contributed by atoms with Gasteiger partial charge >= 0.3 is 0 Å². The number of nitrogens with one attached hydrogen (secondary N) is 1. The number of benzene rings is 1. The van der Waals surface area contributed by atoms with E-state index in [0.717, 1.165) is 12.1 Å². The van der Waals surface area contributed by atoms with Crippen molar-refractivity contribution < 1.29 is 17.2 Å². The fraction of sp³-hybridized carbons (Fsp3) is 0.455. The van der Waals surface area contributed by atoms with Gasteiger partial charge in [-0.1, -0.05) is 6.07 Å². The van der Waals surface area contributed by atoms with Gasteiger partial charge in [-0.3, -0.25) is 11.3 Å². The summed E-state index contributed by atoms with van der Waals surface area (Å²) in [4.78, 5) is 0. The predicted octanol–water partition coefficient (Wildman–Crippen LogP) is 0.904. The number of rotatable bonds is 3. The first-order valence-corrected chi connectivity index (χ1v) is 7.36. The van der Waals surface area contributed by atoms with Gasteiger partial charge in [0.25, 0.3) is 0 Å². The highest BCUT2D eigenvalue weighted by Crippen LogP contribution is 2.31. The Balaban J connectivity index is 2.26. The molecule has 3 N–H and O–H groups in total. The van der Waals surface area contributed by atoms with Crippen LogP contribution in [0.15, 0.2) is 18.2 Å². The normalized spacial score (nSPS) is 24.1. The number of hydrogen-bond donors (Lipinski definition) is 2. The van der Waals surface area contributed by atoms with Crippen LogP contribution in [-0.2, 0) is 9.84 Å². The van der Waals surface area contributed by atoms with E-state index in [4.69, 9.17) is 5.84 Å². The topological polar surface area (TPSA) is 72.2 Å². The minimum absolute atomic E-state index is 0.0147. The van der Waals surface area contributed by atoms with Gasteiger partial charge in [0.2, 0.25) is 0 Å². The molecule has 0 amide bonds. The molecule has 1 aromatic rings. The summed E-state index contributed by atoms with van der Waals surface area (Å²) in [6, 6.07) is 2.98. The number of nitrogens with two attached hydrogens (primary N) is 1. The third-order valence-electron chi connectivity index (χ3n) is 3.22. The molecule has 1 saturated heterocycles. The maximum atomic E-state index is 13.2. The molecule has 1 aromatic carbocycles. The molecule has 0 radical (unpaired) electrons. The molecule has 1 aliphatic heterocycles. The van der Waals surface area contributed by atoms with Crippen LogP contribution in [0.4, 0.5) is 8.78 Å². The second-order valence-corrected chi connectivity index (χ2v) is 6.71. The van der Waals surface area contributed by atoms with Crippen LogP contribution in [0.1, 0.15) is 18.0 Å². The smallest absolute Gasteiger partial charge is 0.159 e. The van der Waals surface area contributed by atoms with Crippen LogP contribution in [0.3, 0.4) is 0 Å². The molecule has 0 aliphatic carbocycles. The minimum Gasteiger partial charge on any atom is -0.271 e. The van der Waals surface area contributed by atoms with Gasteiger partial charge in [-0.05, 0) is 30.0 Å². The summed E-state index contributed by atoms with van der Waals surface area (Å²) < 4.78 is 48.8. The number of sulfone groups is 1. The van der Waals surface area contributed by atoms with E-state index in [-0.39, 0.29) is 17.4 Å². The lowest BCUT2D eigenvalue weighted by Crippen LogP contribution is -2.34. The maximum Gasteiger partial charge on any atom is 0.159 e. The number of hydrogen-bond acceptors (Lipinski definition) is 4. The summed E-state index contributed by atoms with van der Waals surface area (Å²) in [6.45, 7) is 0. The second-order valence-electron chi connectivity index (χ2n) is 4.48. The largest absolute Gasteiger partial charge is 0.271 e. The molecular weight excluding hydrogens is 262 g/mol. The fourth-order valence-electron chi connectivity index (χ4n) is 2.30. The molecule has 100 valence electrons. The van der Waals surface area contributed by atoms with E-state index in [1.165, 1.54) is 6.07 Å². The molecule has 2 rings (SSSR count). The molecule has 0 bridgehead atoms. The second kappa shape index (κ2) is 4.91. The predicted molar refractivity (Wildman–Crippen MR) is 63.2 cm³/mol. The first-order chi connectivity index (χ1) is 8.43. The Bertz CT molecular complexity index is 548. The molecule has 4 nitrogen and oxygen atoms in total. The van der Waals surface area contributed by atoms with E-state index in [2.05, 4.69) is 5.43 Å². The molecule has 2 unspecified atom stereocenters. The number of hydrazine groups is 1. The van der Waals surface area contributed by atoms with Crippen molar-refractivity contribution in [3.8, 4) is 0 Å². The average Bonchev–Trinajstić information content (AvgIpc) is 2.65. The lowest BCUT2D eigenvalue weighted by Gasteiger charge is -2.22. The Labute approximate surface area is 104 Å². The molecule has 1 aliphatic rings. The minimum atomic E-state index is -3.04. The van der Waals surface area contributed by atoms with Crippen molar-refractivity contribution in [1.82, 2.24) is 5.43 Å². The fourth-order valence-corrected chi connectivity index (χ4v) is 4.14. The molecule has 1 fully saturated rings. The molecule has 0 saturated carbocycles. The lowest BCUT2D eigenvalue weighted by molar-refractivity contribution is 0.396. The van der Waals surface area contributed by atoms with Crippen LogP contribution in [0.5, 0.6) is 0 Å². The van der Waals surface area contributed by atoms with Crippen LogP contribution < -0.4 is 11.3 Å². The van der Waals surface area contributed by atoms with Gasteiger partial charge in [0, 0.05) is 6.04 Å². The third-order valence-corrected chi connectivity index (χ3v) is 5.02. The zero-order valence-electron chi connectivity index (χ0n) is 9.57. The average molecular weight is 276 g/mol. The van der Waals surface area contributed by atoms with Crippen molar-refractivity contribution in [3.63, 3.8) is 0 Å². The molecule has 0 aromatic heterocycles. The van der Waals surface area contributed by atoms with Gasteiger partial charge in [-0.2, -0.15) is 0 Å². The molecule has 7 heteroatoms. The van der Waals surface area contributed by atoms with Crippen molar-refractivity contribution in [2.24, 2.45) is 11.8 Å². The molecule has 1 heterocycles. The SMILES string of the molecule is NNC(c1ccc(F)c(F)c1)C1CCS(=O)(=O)C1. The van der Waals surface area contributed by atoms with Gasteiger partial charge in [0.15, 0.2) is 21.5 Å². The van der Waals surface area contributed by atoms with Gasteiger partial charge in [0.05, 0.1) is 11.5 Å². The molecular formula is C11H14F2N2O2S. The van der Waals surface area contributed by atoms with Gasteiger partial charge in [-0.25, -0.2) is 17.2 Å². The Kier molecular flexibility index (Phi) is 3.65. The van der Waals surface area contributed by atoms with Gasteiger partial charge < -0.3 is 0 Å². The van der Waals surface area contributed by atoms with E-state index in [1.54, 1.807) is 0 Å². The first kappa shape index (κ1) is 13.4.